The van der Waals surface area contributed by atoms with Gasteiger partial charge in [-0.15, -0.1) is 0 Å². The van der Waals surface area contributed by atoms with Gasteiger partial charge in [0, 0.05) is 0 Å². The smallest absolute Gasteiger partial charge is 0.172 e. The van der Waals surface area contributed by atoms with E-state index in [1.54, 1.807) is 0 Å². The average molecular weight is 314 g/mol. The molecule has 0 aromatic carbocycles. The van der Waals surface area contributed by atoms with Crippen LogP contribution in [-0.4, -0.2) is 40.3 Å². The number of H-pyrrole nitrogens is 2. The van der Waals surface area contributed by atoms with Crippen LogP contribution in [0.1, 0.15) is 46.1 Å². The molecule has 2 N–H and O–H groups in total. The molecule has 8 nitrogen and oxygen atoms in total. The Morgan fingerprint density at radius 3 is 1.38 bits per heavy atom. The Morgan fingerprint density at radius 1 is 0.458 bits per heavy atom. The lowest BCUT2D eigenvalue weighted by Gasteiger charge is -1.88. The zero-order chi connectivity index (χ0) is 15.9. The molecule has 24 heavy (non-hydrogen) atoms. The fourth-order valence-electron chi connectivity index (χ4n) is 2.48. The van der Waals surface area contributed by atoms with Gasteiger partial charge in [0.25, 0.3) is 0 Å². The van der Waals surface area contributed by atoms with E-state index in [1.807, 2.05) is 48.6 Å². The second-order valence-electron chi connectivity index (χ2n) is 5.26. The predicted octanol–water partition coefficient (Wildman–Crippen LogP) is 2.02. The van der Waals surface area contributed by atoms with Crippen molar-refractivity contribution in [3.63, 3.8) is 0 Å². The van der Waals surface area contributed by atoms with Gasteiger partial charge in [-0.3, -0.25) is 10.2 Å². The number of nitrogens with zero attached hydrogens (tertiary/aromatic N) is 6. The summed E-state index contributed by atoms with van der Waals surface area (Å²) in [5.41, 5.74) is 3.01. The fourth-order valence-corrected chi connectivity index (χ4v) is 2.48. The quantitative estimate of drug-likeness (QED) is 0.452. The monoisotopic (exact) mass is 314 g/mol. The van der Waals surface area contributed by atoms with E-state index in [4.69, 9.17) is 0 Å². The SMILES string of the molecule is C1=Cc2nc1n[nH]c1nc(c3nc([nH]nc4nc2C=C4)C=C3)C=C1. The molecule has 5 heterocycles. The molecule has 0 saturated heterocycles. The molecule has 0 saturated carbocycles. The van der Waals surface area contributed by atoms with Gasteiger partial charge in [0.1, 0.15) is 11.6 Å². The molecule has 8 bridgehead atoms. The van der Waals surface area contributed by atoms with E-state index in [0.717, 1.165) is 22.8 Å². The minimum absolute atomic E-state index is 0.565. The Balaban J connectivity index is 1.81. The van der Waals surface area contributed by atoms with Gasteiger partial charge < -0.3 is 0 Å². The number of fused-ring (bicyclic) bond motifs is 10. The van der Waals surface area contributed by atoms with Gasteiger partial charge in [-0.1, -0.05) is 0 Å². The number of hydrogen-bond donors (Lipinski definition) is 2. The van der Waals surface area contributed by atoms with Crippen molar-refractivity contribution < 1.29 is 0 Å². The maximum Gasteiger partial charge on any atom is 0.172 e. The largest absolute Gasteiger partial charge is 0.259 e. The Bertz CT molecular complexity index is 893. The molecule has 5 rings (SSSR count). The Labute approximate surface area is 135 Å². The zero-order valence-corrected chi connectivity index (χ0v) is 12.3. The van der Waals surface area contributed by atoms with Gasteiger partial charge >= 0.3 is 0 Å². The molecule has 0 spiro atoms. The first-order valence-corrected chi connectivity index (χ1v) is 7.33. The molecule has 0 unspecified atom stereocenters. The van der Waals surface area contributed by atoms with E-state index < -0.39 is 0 Å². The normalized spacial score (nSPS) is 14.0. The number of hydrogen-bond acceptors (Lipinski definition) is 6. The van der Waals surface area contributed by atoms with E-state index in [-0.39, 0.29) is 0 Å². The summed E-state index contributed by atoms with van der Waals surface area (Å²) in [4.78, 5) is 17.8. The van der Waals surface area contributed by atoms with Crippen LogP contribution in [0.3, 0.4) is 0 Å². The van der Waals surface area contributed by atoms with Crippen LogP contribution >= 0.6 is 0 Å². The minimum Gasteiger partial charge on any atom is -0.259 e. The summed E-state index contributed by atoms with van der Waals surface area (Å²) in [7, 11) is 0. The standard InChI is InChI=1S/C16H10N8/c1-5-13-17-9(1)10-2-6-14(18-10)23-24-16-8-4-12(20-16)11-3-7-15(19-11)22-21-13/h1-8H,(H,17,21)(H,18,23). The fraction of sp³-hybridized carbons (Fsp3) is 0. The first kappa shape index (κ1) is 12.8. The Hall–Kier alpha value is -3.68. The van der Waals surface area contributed by atoms with Crippen LogP contribution in [0.2, 0.25) is 0 Å². The molecule has 0 aliphatic carbocycles. The van der Waals surface area contributed by atoms with Gasteiger partial charge in [-0.2, -0.15) is 10.2 Å². The number of aromatic amines is 2. The molecule has 0 radical (unpaired) electrons. The van der Waals surface area contributed by atoms with Crippen molar-refractivity contribution in [3.8, 4) is 0 Å². The molecule has 1 aromatic heterocycles. The number of rotatable bonds is 0. The van der Waals surface area contributed by atoms with Crippen LogP contribution in [-0.2, 0) is 0 Å². The van der Waals surface area contributed by atoms with Crippen molar-refractivity contribution >= 4 is 48.6 Å². The highest BCUT2D eigenvalue weighted by molar-refractivity contribution is 5.80. The van der Waals surface area contributed by atoms with Crippen LogP contribution in [0.15, 0.2) is 0 Å². The summed E-state index contributed by atoms with van der Waals surface area (Å²) in [5.74, 6) is 2.40. The van der Waals surface area contributed by atoms with Crippen molar-refractivity contribution in [1.82, 2.24) is 40.3 Å². The number of aromatic nitrogens is 8. The highest BCUT2D eigenvalue weighted by Gasteiger charge is 2.10. The maximum atomic E-state index is 4.46. The first-order chi connectivity index (χ1) is 11.8. The second kappa shape index (κ2) is 4.92. The van der Waals surface area contributed by atoms with Crippen LogP contribution in [0, 0.1) is 0 Å². The Kier molecular flexibility index (Phi) is 2.63. The molecule has 4 aliphatic rings. The summed E-state index contributed by atoms with van der Waals surface area (Å²) in [6.07, 6.45) is 14.8. The summed E-state index contributed by atoms with van der Waals surface area (Å²) in [5, 5.41) is 14.3. The van der Waals surface area contributed by atoms with Crippen molar-refractivity contribution in [2.24, 2.45) is 0 Å². The molecule has 1 aromatic rings. The van der Waals surface area contributed by atoms with Gasteiger partial charge in [0.05, 0.1) is 22.8 Å². The molecule has 0 atom stereocenters. The van der Waals surface area contributed by atoms with Crippen LogP contribution in [0.4, 0.5) is 0 Å². The third-order valence-electron chi connectivity index (χ3n) is 3.63. The highest BCUT2D eigenvalue weighted by atomic mass is 15.2. The predicted molar refractivity (Wildman–Crippen MR) is 90.5 cm³/mol. The van der Waals surface area contributed by atoms with Gasteiger partial charge in [0.2, 0.25) is 0 Å². The van der Waals surface area contributed by atoms with Crippen molar-refractivity contribution in [2.45, 2.75) is 0 Å². The van der Waals surface area contributed by atoms with E-state index in [2.05, 4.69) is 40.3 Å². The first-order valence-electron chi connectivity index (χ1n) is 7.33. The van der Waals surface area contributed by atoms with Crippen molar-refractivity contribution in [3.05, 3.63) is 46.1 Å². The summed E-state index contributed by atoms with van der Waals surface area (Å²) in [6.45, 7) is 0. The molecule has 4 aliphatic heterocycles. The summed E-state index contributed by atoms with van der Waals surface area (Å²) >= 11 is 0. The third kappa shape index (κ3) is 2.17. The van der Waals surface area contributed by atoms with E-state index in [9.17, 15) is 0 Å². The van der Waals surface area contributed by atoms with Crippen LogP contribution in [0.25, 0.3) is 48.6 Å². The van der Waals surface area contributed by atoms with Crippen molar-refractivity contribution in [2.75, 3.05) is 0 Å². The maximum absolute atomic E-state index is 4.46. The van der Waals surface area contributed by atoms with E-state index in [0.29, 0.717) is 23.3 Å². The molecule has 0 amide bonds. The second-order valence-corrected chi connectivity index (χ2v) is 5.26. The highest BCUT2D eigenvalue weighted by Crippen LogP contribution is 2.18. The average Bonchev–Trinajstić information content (AvgIpc) is 3.37. The van der Waals surface area contributed by atoms with Crippen LogP contribution in [0.5, 0.6) is 0 Å². The van der Waals surface area contributed by atoms with E-state index in [1.165, 1.54) is 0 Å². The van der Waals surface area contributed by atoms with Crippen molar-refractivity contribution in [1.29, 1.82) is 0 Å². The lowest BCUT2D eigenvalue weighted by molar-refractivity contribution is 0.941. The molecular formula is C16H10N8. The van der Waals surface area contributed by atoms with Gasteiger partial charge in [-0.25, -0.2) is 19.9 Å². The van der Waals surface area contributed by atoms with Gasteiger partial charge in [0.15, 0.2) is 11.6 Å². The summed E-state index contributed by atoms with van der Waals surface area (Å²) < 4.78 is 0. The van der Waals surface area contributed by atoms with Gasteiger partial charge in [-0.05, 0) is 48.6 Å². The Morgan fingerprint density at radius 2 is 0.875 bits per heavy atom. The lowest BCUT2D eigenvalue weighted by atomic mass is 10.3. The molecule has 8 heteroatoms. The number of nitrogens with one attached hydrogen (secondary N) is 2. The lowest BCUT2D eigenvalue weighted by Crippen LogP contribution is -1.90. The molecule has 0 fully saturated rings. The zero-order valence-electron chi connectivity index (χ0n) is 12.3. The minimum atomic E-state index is 0.565. The molecule has 114 valence electrons. The molecular weight excluding hydrogens is 304 g/mol. The van der Waals surface area contributed by atoms with E-state index >= 15 is 0 Å². The summed E-state index contributed by atoms with van der Waals surface area (Å²) in [6, 6.07) is 0. The third-order valence-corrected chi connectivity index (χ3v) is 3.63. The van der Waals surface area contributed by atoms with Crippen LogP contribution < -0.4 is 0 Å². The topological polar surface area (TPSA) is 109 Å².